The van der Waals surface area contributed by atoms with Crippen molar-refractivity contribution in [2.24, 2.45) is 0 Å². The highest BCUT2D eigenvalue weighted by molar-refractivity contribution is 5.61. The number of rotatable bonds is 4. The van der Waals surface area contributed by atoms with Crippen molar-refractivity contribution in [3.05, 3.63) is 38.4 Å². The Morgan fingerprint density at radius 3 is 2.32 bits per heavy atom. The van der Waals surface area contributed by atoms with Crippen molar-refractivity contribution < 1.29 is 14.7 Å². The molecule has 0 aromatic heterocycles. The van der Waals surface area contributed by atoms with Gasteiger partial charge in [-0.1, -0.05) is 12.5 Å². The number of hydroxylamine groups is 2. The highest BCUT2D eigenvalue weighted by atomic mass is 16.7. The lowest BCUT2D eigenvalue weighted by Crippen LogP contribution is -2.33. The zero-order chi connectivity index (χ0) is 13.8. The second-order valence-corrected chi connectivity index (χ2v) is 4.22. The monoisotopic (exact) mass is 267 g/mol. The molecule has 1 aromatic carbocycles. The first-order chi connectivity index (χ1) is 9.09. The van der Waals surface area contributed by atoms with Crippen LogP contribution in [-0.2, 0) is 0 Å². The third kappa shape index (κ3) is 2.97. The van der Waals surface area contributed by atoms with E-state index >= 15 is 0 Å². The molecule has 0 bridgehead atoms. The second kappa shape index (κ2) is 5.61. The molecule has 0 radical (unpaired) electrons. The van der Waals surface area contributed by atoms with E-state index in [2.05, 4.69) is 0 Å². The Kier molecular flexibility index (Phi) is 3.91. The van der Waals surface area contributed by atoms with E-state index in [9.17, 15) is 20.2 Å². The Morgan fingerprint density at radius 2 is 1.74 bits per heavy atom. The predicted octanol–water partition coefficient (Wildman–Crippen LogP) is 2.28. The molecule has 1 aliphatic rings. The molecule has 102 valence electrons. The van der Waals surface area contributed by atoms with E-state index in [4.69, 9.17) is 4.84 Å². The Labute approximate surface area is 108 Å². The SMILES string of the molecule is O=[N+]([O-])c1cccc(ON2CCCCC2)c1[N+](=O)[O-]. The van der Waals surface area contributed by atoms with E-state index in [-0.39, 0.29) is 5.75 Å². The molecule has 8 nitrogen and oxygen atoms in total. The van der Waals surface area contributed by atoms with Gasteiger partial charge in [0.05, 0.1) is 9.85 Å². The molecule has 0 amide bonds. The Morgan fingerprint density at radius 1 is 1.05 bits per heavy atom. The van der Waals surface area contributed by atoms with Crippen molar-refractivity contribution in [3.8, 4) is 5.75 Å². The number of nitrogens with zero attached hydrogens (tertiary/aromatic N) is 3. The minimum atomic E-state index is -0.780. The van der Waals surface area contributed by atoms with E-state index in [1.807, 2.05) is 0 Å². The Hall–Kier alpha value is -2.22. The number of nitro benzene ring substituents is 2. The second-order valence-electron chi connectivity index (χ2n) is 4.22. The fourth-order valence-electron chi connectivity index (χ4n) is 2.01. The maximum absolute atomic E-state index is 11.0. The third-order valence-electron chi connectivity index (χ3n) is 2.90. The summed E-state index contributed by atoms with van der Waals surface area (Å²) in [7, 11) is 0. The molecule has 0 saturated carbocycles. The van der Waals surface area contributed by atoms with Gasteiger partial charge < -0.3 is 4.84 Å². The summed E-state index contributed by atoms with van der Waals surface area (Å²) < 4.78 is 0. The number of hydrogen-bond acceptors (Lipinski definition) is 6. The Bertz CT molecular complexity index is 499. The van der Waals surface area contributed by atoms with E-state index in [1.165, 1.54) is 12.1 Å². The first kappa shape index (κ1) is 13.2. The summed E-state index contributed by atoms with van der Waals surface area (Å²) in [5.74, 6) is -0.0823. The van der Waals surface area contributed by atoms with Gasteiger partial charge in [-0.15, -0.1) is 5.06 Å². The molecule has 1 aliphatic heterocycles. The fourth-order valence-corrected chi connectivity index (χ4v) is 2.01. The van der Waals surface area contributed by atoms with Crippen LogP contribution in [0.4, 0.5) is 11.4 Å². The standard InChI is InChI=1S/C11H13N3O5/c15-13(16)9-5-4-6-10(11(9)14(17)18)19-12-7-2-1-3-8-12/h4-6H,1-3,7-8H2. The van der Waals surface area contributed by atoms with Crippen LogP contribution in [0.15, 0.2) is 18.2 Å². The lowest BCUT2D eigenvalue weighted by atomic mass is 10.2. The zero-order valence-corrected chi connectivity index (χ0v) is 10.2. The van der Waals surface area contributed by atoms with Crippen LogP contribution in [0.5, 0.6) is 5.75 Å². The number of para-hydroxylation sites is 1. The van der Waals surface area contributed by atoms with Gasteiger partial charge in [0, 0.05) is 19.2 Å². The van der Waals surface area contributed by atoms with Gasteiger partial charge in [-0.25, -0.2) is 0 Å². The summed E-state index contributed by atoms with van der Waals surface area (Å²) in [6.07, 6.45) is 2.99. The first-order valence-corrected chi connectivity index (χ1v) is 5.94. The summed E-state index contributed by atoms with van der Waals surface area (Å²) in [6, 6.07) is 3.85. The molecule has 1 heterocycles. The van der Waals surface area contributed by atoms with E-state index < -0.39 is 21.2 Å². The van der Waals surface area contributed by atoms with Gasteiger partial charge in [-0.05, 0) is 18.9 Å². The summed E-state index contributed by atoms with van der Waals surface area (Å²) in [5.41, 5.74) is -1.16. The van der Waals surface area contributed by atoms with Crippen LogP contribution in [0.25, 0.3) is 0 Å². The molecule has 0 spiro atoms. The van der Waals surface area contributed by atoms with Gasteiger partial charge in [0.2, 0.25) is 5.75 Å². The smallest absolute Gasteiger partial charge is 0.389 e. The average molecular weight is 267 g/mol. The zero-order valence-electron chi connectivity index (χ0n) is 10.2. The van der Waals surface area contributed by atoms with Crippen molar-refractivity contribution in [1.82, 2.24) is 5.06 Å². The van der Waals surface area contributed by atoms with Crippen molar-refractivity contribution >= 4 is 11.4 Å². The van der Waals surface area contributed by atoms with Gasteiger partial charge >= 0.3 is 11.4 Å². The molecule has 1 saturated heterocycles. The summed E-state index contributed by atoms with van der Waals surface area (Å²) in [6.45, 7) is 1.33. The molecular formula is C11H13N3O5. The molecule has 0 aliphatic carbocycles. The highest BCUT2D eigenvalue weighted by Crippen LogP contribution is 2.36. The summed E-state index contributed by atoms with van der Waals surface area (Å²) in [4.78, 5) is 25.7. The van der Waals surface area contributed by atoms with Crippen molar-refractivity contribution in [2.75, 3.05) is 13.1 Å². The number of hydrogen-bond donors (Lipinski definition) is 0. The number of nitro groups is 2. The lowest BCUT2D eigenvalue weighted by Gasteiger charge is -2.25. The van der Waals surface area contributed by atoms with Gasteiger partial charge in [0.25, 0.3) is 0 Å². The first-order valence-electron chi connectivity index (χ1n) is 5.94. The molecular weight excluding hydrogens is 254 g/mol. The van der Waals surface area contributed by atoms with Crippen molar-refractivity contribution in [1.29, 1.82) is 0 Å². The fraction of sp³-hybridized carbons (Fsp3) is 0.455. The largest absolute Gasteiger partial charge is 0.398 e. The van der Waals surface area contributed by atoms with Gasteiger partial charge in [0.1, 0.15) is 0 Å². The third-order valence-corrected chi connectivity index (χ3v) is 2.90. The normalized spacial score (nSPS) is 16.0. The minimum Gasteiger partial charge on any atom is -0.398 e. The molecule has 0 unspecified atom stereocenters. The van der Waals surface area contributed by atoms with Gasteiger partial charge in [-0.2, -0.15) is 0 Å². The van der Waals surface area contributed by atoms with Crippen molar-refractivity contribution in [3.63, 3.8) is 0 Å². The molecule has 0 N–H and O–H groups in total. The molecule has 1 aromatic rings. The molecule has 1 fully saturated rings. The van der Waals surface area contributed by atoms with E-state index in [0.717, 1.165) is 25.3 Å². The molecule has 8 heteroatoms. The number of piperidine rings is 1. The average Bonchev–Trinajstić information content (AvgIpc) is 2.39. The van der Waals surface area contributed by atoms with Gasteiger partial charge in [-0.3, -0.25) is 20.2 Å². The number of benzene rings is 1. The van der Waals surface area contributed by atoms with Crippen LogP contribution in [-0.4, -0.2) is 28.0 Å². The maximum atomic E-state index is 11.0. The quantitative estimate of drug-likeness (QED) is 0.613. The lowest BCUT2D eigenvalue weighted by molar-refractivity contribution is -0.423. The van der Waals surface area contributed by atoms with Crippen LogP contribution in [0.1, 0.15) is 19.3 Å². The summed E-state index contributed by atoms with van der Waals surface area (Å²) >= 11 is 0. The van der Waals surface area contributed by atoms with Crippen LogP contribution in [0.3, 0.4) is 0 Å². The molecule has 2 rings (SSSR count). The Balaban J connectivity index is 2.30. The van der Waals surface area contributed by atoms with Gasteiger partial charge in [0.15, 0.2) is 0 Å². The van der Waals surface area contributed by atoms with Crippen LogP contribution >= 0.6 is 0 Å². The van der Waals surface area contributed by atoms with Crippen molar-refractivity contribution in [2.45, 2.75) is 19.3 Å². The minimum absolute atomic E-state index is 0.0823. The van der Waals surface area contributed by atoms with E-state index in [1.54, 1.807) is 5.06 Å². The molecule has 0 atom stereocenters. The molecule has 19 heavy (non-hydrogen) atoms. The van der Waals surface area contributed by atoms with E-state index in [0.29, 0.717) is 13.1 Å². The summed E-state index contributed by atoms with van der Waals surface area (Å²) in [5, 5.41) is 23.4. The topological polar surface area (TPSA) is 98.8 Å². The van der Waals surface area contributed by atoms with Crippen LogP contribution in [0, 0.1) is 20.2 Å². The van der Waals surface area contributed by atoms with Crippen LogP contribution < -0.4 is 4.84 Å². The van der Waals surface area contributed by atoms with Crippen LogP contribution in [0.2, 0.25) is 0 Å². The highest BCUT2D eigenvalue weighted by Gasteiger charge is 2.30. The predicted molar refractivity (Wildman–Crippen MR) is 65.8 cm³/mol. The maximum Gasteiger partial charge on any atom is 0.389 e.